The predicted octanol–water partition coefficient (Wildman–Crippen LogP) is -1.94. The third-order valence-corrected chi connectivity index (χ3v) is 6.07. The van der Waals surface area contributed by atoms with Crippen molar-refractivity contribution in [1.29, 1.82) is 0 Å². The quantitative estimate of drug-likeness (QED) is 0.446. The Labute approximate surface area is 163 Å². The summed E-state index contributed by atoms with van der Waals surface area (Å²) in [5, 5.41) is 5.35. The maximum Gasteiger partial charge on any atom is 0.309 e. The van der Waals surface area contributed by atoms with Crippen LogP contribution in [0.5, 0.6) is 0 Å². The van der Waals surface area contributed by atoms with Crippen molar-refractivity contribution in [3.63, 3.8) is 0 Å². The van der Waals surface area contributed by atoms with Crippen LogP contribution >= 0.6 is 11.6 Å². The lowest BCUT2D eigenvalue weighted by Gasteiger charge is -2.22. The van der Waals surface area contributed by atoms with E-state index in [0.717, 1.165) is 9.21 Å². The molecule has 1 saturated heterocycles. The van der Waals surface area contributed by atoms with Gasteiger partial charge in [0.15, 0.2) is 0 Å². The summed E-state index contributed by atoms with van der Waals surface area (Å²) in [7, 11) is 0.0585. The normalized spacial score (nSPS) is 17.9. The van der Waals surface area contributed by atoms with E-state index in [0.29, 0.717) is 18.1 Å². The molecule has 1 aliphatic heterocycles. The first-order valence-corrected chi connectivity index (χ1v) is 10.3. The number of nitrogens with zero attached hydrogens (tertiary/aromatic N) is 1. The molecule has 9 nitrogen and oxygen atoms in total. The van der Waals surface area contributed by atoms with Crippen molar-refractivity contribution in [3.05, 3.63) is 29.3 Å². The number of carbonyl (C=O) groups excluding carboxylic acids is 2. The molecule has 150 valence electrons. The minimum Gasteiger partial charge on any atom is -0.359 e. The smallest absolute Gasteiger partial charge is 0.309 e. The Bertz CT molecular complexity index is 770. The summed E-state index contributed by atoms with van der Waals surface area (Å²) in [6, 6.07) is 5.79. The fraction of sp³-hybridized carbons (Fsp3) is 0.500. The number of nitrogens with one attached hydrogen (secondary N) is 3. The maximum atomic E-state index is 12.7. The van der Waals surface area contributed by atoms with E-state index in [4.69, 9.17) is 16.3 Å². The summed E-state index contributed by atoms with van der Waals surface area (Å²) in [6.45, 7) is 1.27. The number of hydrogen-bond donors (Lipinski definition) is 3. The Morgan fingerprint density at radius 2 is 1.85 bits per heavy atom. The highest BCUT2D eigenvalue weighted by Gasteiger charge is 2.36. The van der Waals surface area contributed by atoms with E-state index in [1.54, 1.807) is 0 Å². The molecule has 11 heteroatoms. The van der Waals surface area contributed by atoms with Crippen LogP contribution < -0.4 is 15.5 Å². The first kappa shape index (κ1) is 21.6. The van der Waals surface area contributed by atoms with Crippen LogP contribution in [0, 0.1) is 0 Å². The molecule has 0 spiro atoms. The molecule has 0 bridgehead atoms. The van der Waals surface area contributed by atoms with E-state index >= 15 is 0 Å². The number of likely N-dealkylation sites (N-methyl/N-ethyl adjacent to an activating group) is 1. The average Bonchev–Trinajstić information content (AvgIpc) is 3.09. The molecule has 1 heterocycles. The molecule has 0 aromatic heterocycles. The Kier molecular flexibility index (Phi) is 7.57. The lowest BCUT2D eigenvalue weighted by Crippen LogP contribution is -3.06. The lowest BCUT2D eigenvalue weighted by atomic mass is 10.4. The van der Waals surface area contributed by atoms with Gasteiger partial charge in [-0.15, -0.1) is 0 Å². The van der Waals surface area contributed by atoms with Gasteiger partial charge in [0.25, 0.3) is 0 Å². The molecule has 1 aromatic rings. The van der Waals surface area contributed by atoms with Crippen LogP contribution in [0.3, 0.4) is 0 Å². The van der Waals surface area contributed by atoms with Gasteiger partial charge in [-0.05, 0) is 24.3 Å². The molecule has 27 heavy (non-hydrogen) atoms. The molecule has 1 atom stereocenters. The molecule has 0 saturated carbocycles. The second kappa shape index (κ2) is 9.47. The second-order valence-corrected chi connectivity index (χ2v) is 8.65. The van der Waals surface area contributed by atoms with E-state index < -0.39 is 28.1 Å². The standard InChI is InChI=1S/C16H23ClN4O5S/c1-20(2)8-7-18-15(22)16(23)19-11-14-21(9-10-26-14)27(24,25)13-5-3-12(17)4-6-13/h3-6,14H,7-11H2,1-2H3,(H,18,22)(H,19,23)/p+1/t14-/m1/s1. The van der Waals surface area contributed by atoms with Crippen molar-refractivity contribution in [2.45, 2.75) is 11.1 Å². The van der Waals surface area contributed by atoms with Crippen molar-refractivity contribution >= 4 is 33.4 Å². The van der Waals surface area contributed by atoms with E-state index in [-0.39, 0.29) is 24.6 Å². The number of benzene rings is 1. The number of quaternary nitrogens is 1. The third-order valence-electron chi connectivity index (χ3n) is 3.92. The summed E-state index contributed by atoms with van der Waals surface area (Å²) in [6.07, 6.45) is -0.881. The molecular formula is C16H24ClN4O5S+. The second-order valence-electron chi connectivity index (χ2n) is 6.32. The third kappa shape index (κ3) is 5.88. The minimum absolute atomic E-state index is 0.0812. The molecule has 0 unspecified atom stereocenters. The van der Waals surface area contributed by atoms with Crippen molar-refractivity contribution < 1.29 is 27.6 Å². The van der Waals surface area contributed by atoms with Gasteiger partial charge in [0, 0.05) is 11.6 Å². The van der Waals surface area contributed by atoms with E-state index in [1.165, 1.54) is 24.3 Å². The van der Waals surface area contributed by atoms with Gasteiger partial charge < -0.3 is 20.3 Å². The molecular weight excluding hydrogens is 396 g/mol. The zero-order chi connectivity index (χ0) is 20.0. The monoisotopic (exact) mass is 419 g/mol. The van der Waals surface area contributed by atoms with Crippen LogP contribution in [0.25, 0.3) is 0 Å². The number of sulfonamides is 1. The van der Waals surface area contributed by atoms with Crippen LogP contribution in [0.4, 0.5) is 0 Å². The highest BCUT2D eigenvalue weighted by molar-refractivity contribution is 7.89. The molecule has 1 aliphatic rings. The Balaban J connectivity index is 1.93. The summed E-state index contributed by atoms with van der Waals surface area (Å²) in [5.41, 5.74) is 0. The highest BCUT2D eigenvalue weighted by Crippen LogP contribution is 2.23. The average molecular weight is 420 g/mol. The Hall–Kier alpha value is -1.72. The van der Waals surface area contributed by atoms with Gasteiger partial charge >= 0.3 is 11.8 Å². The minimum atomic E-state index is -3.80. The van der Waals surface area contributed by atoms with Crippen LogP contribution in [0.15, 0.2) is 29.2 Å². The number of rotatable bonds is 7. The number of amides is 2. The molecule has 0 radical (unpaired) electrons. The van der Waals surface area contributed by atoms with E-state index in [9.17, 15) is 18.0 Å². The fourth-order valence-corrected chi connectivity index (χ4v) is 4.09. The van der Waals surface area contributed by atoms with Crippen LogP contribution in [0.1, 0.15) is 0 Å². The molecule has 3 N–H and O–H groups in total. The number of ether oxygens (including phenoxy) is 1. The molecule has 0 aliphatic carbocycles. The van der Waals surface area contributed by atoms with Gasteiger partial charge in [-0.2, -0.15) is 4.31 Å². The van der Waals surface area contributed by atoms with Crippen molar-refractivity contribution in [2.75, 3.05) is 46.9 Å². The maximum absolute atomic E-state index is 12.7. The van der Waals surface area contributed by atoms with Crippen LogP contribution in [0.2, 0.25) is 5.02 Å². The van der Waals surface area contributed by atoms with Crippen molar-refractivity contribution in [3.8, 4) is 0 Å². The number of hydrogen-bond acceptors (Lipinski definition) is 5. The Morgan fingerprint density at radius 3 is 2.48 bits per heavy atom. The van der Waals surface area contributed by atoms with Gasteiger partial charge in [-0.3, -0.25) is 9.59 Å². The first-order chi connectivity index (χ1) is 12.7. The number of halogens is 1. The predicted molar refractivity (Wildman–Crippen MR) is 98.8 cm³/mol. The van der Waals surface area contributed by atoms with Crippen LogP contribution in [-0.2, 0) is 24.3 Å². The molecule has 1 aromatic carbocycles. The van der Waals surface area contributed by atoms with Crippen molar-refractivity contribution in [1.82, 2.24) is 14.9 Å². The van der Waals surface area contributed by atoms with Gasteiger partial charge in [-0.1, -0.05) is 11.6 Å². The SMILES string of the molecule is C[NH+](C)CCNC(=O)C(=O)NC[C@H]1OCCN1S(=O)(=O)c1ccc(Cl)cc1. The fourth-order valence-electron chi connectivity index (χ4n) is 2.45. The largest absolute Gasteiger partial charge is 0.359 e. The Morgan fingerprint density at radius 1 is 1.22 bits per heavy atom. The molecule has 2 rings (SSSR count). The van der Waals surface area contributed by atoms with Gasteiger partial charge in [0.2, 0.25) is 10.0 Å². The first-order valence-electron chi connectivity index (χ1n) is 8.46. The van der Waals surface area contributed by atoms with Crippen LogP contribution in [-0.4, -0.2) is 77.6 Å². The van der Waals surface area contributed by atoms with Crippen molar-refractivity contribution in [2.24, 2.45) is 0 Å². The zero-order valence-corrected chi connectivity index (χ0v) is 16.8. The summed E-state index contributed by atoms with van der Waals surface area (Å²) in [4.78, 5) is 24.8. The molecule has 2 amide bonds. The summed E-state index contributed by atoms with van der Waals surface area (Å²) < 4.78 is 32.1. The van der Waals surface area contributed by atoms with Gasteiger partial charge in [-0.25, -0.2) is 8.42 Å². The molecule has 1 fully saturated rings. The van der Waals surface area contributed by atoms with Gasteiger partial charge in [0.05, 0.1) is 45.2 Å². The van der Waals surface area contributed by atoms with E-state index in [2.05, 4.69) is 10.6 Å². The highest BCUT2D eigenvalue weighted by atomic mass is 35.5. The summed E-state index contributed by atoms with van der Waals surface area (Å²) in [5.74, 6) is -1.59. The number of carbonyl (C=O) groups is 2. The summed E-state index contributed by atoms with van der Waals surface area (Å²) >= 11 is 5.80. The zero-order valence-electron chi connectivity index (χ0n) is 15.2. The van der Waals surface area contributed by atoms with E-state index in [1.807, 2.05) is 14.1 Å². The van der Waals surface area contributed by atoms with Gasteiger partial charge in [0.1, 0.15) is 6.23 Å². The lowest BCUT2D eigenvalue weighted by molar-refractivity contribution is -0.856. The topological polar surface area (TPSA) is 109 Å².